The zero-order valence-electron chi connectivity index (χ0n) is 12.0. The van der Waals surface area contributed by atoms with Crippen LogP contribution in [-0.2, 0) is 20.9 Å². The number of nitrogens with zero attached hydrogens (tertiary/aromatic N) is 1. The average molecular weight is 296 g/mol. The first-order chi connectivity index (χ1) is 10.1. The molecular formula is C14H20N2O5. The molecule has 1 unspecified atom stereocenters. The number of likely N-dealkylation sites (tertiary alicyclic amines) is 1. The highest BCUT2D eigenvalue weighted by molar-refractivity contribution is 5.86. The van der Waals surface area contributed by atoms with Crippen LogP contribution in [0.2, 0.25) is 0 Å². The van der Waals surface area contributed by atoms with E-state index < -0.39 is 5.97 Å². The minimum Gasteiger partial charge on any atom is -0.463 e. The maximum absolute atomic E-state index is 11.6. The Labute approximate surface area is 123 Å². The van der Waals surface area contributed by atoms with E-state index in [1.54, 1.807) is 17.0 Å². The molecule has 1 aromatic heterocycles. The lowest BCUT2D eigenvalue weighted by molar-refractivity contribution is -0.134. The Morgan fingerprint density at radius 2 is 2.29 bits per heavy atom. The molecule has 0 spiro atoms. The first kappa shape index (κ1) is 15.5. The Kier molecular flexibility index (Phi) is 5.35. The Balaban J connectivity index is 1.83. The third-order valence-electron chi connectivity index (χ3n) is 3.42. The summed E-state index contributed by atoms with van der Waals surface area (Å²) in [5, 5.41) is 0. The van der Waals surface area contributed by atoms with E-state index in [-0.39, 0.29) is 30.9 Å². The van der Waals surface area contributed by atoms with Gasteiger partial charge in [-0.3, -0.25) is 4.79 Å². The number of carbonyl (C=O) groups excluding carboxylic acids is 2. The van der Waals surface area contributed by atoms with E-state index in [1.165, 1.54) is 7.11 Å². The van der Waals surface area contributed by atoms with Crippen molar-refractivity contribution in [1.29, 1.82) is 0 Å². The van der Waals surface area contributed by atoms with Gasteiger partial charge in [0.05, 0.1) is 19.8 Å². The lowest BCUT2D eigenvalue weighted by Crippen LogP contribution is -2.45. The van der Waals surface area contributed by atoms with Crippen LogP contribution < -0.4 is 5.73 Å². The van der Waals surface area contributed by atoms with Gasteiger partial charge in [0.15, 0.2) is 0 Å². The fraction of sp³-hybridized carbons (Fsp3) is 0.571. The summed E-state index contributed by atoms with van der Waals surface area (Å²) in [6, 6.07) is 3.23. The fourth-order valence-electron chi connectivity index (χ4n) is 2.30. The Hall–Kier alpha value is -1.86. The highest BCUT2D eigenvalue weighted by Crippen LogP contribution is 2.16. The van der Waals surface area contributed by atoms with Crippen LogP contribution in [0.4, 0.5) is 0 Å². The average Bonchev–Trinajstić information content (AvgIpc) is 3.00. The van der Waals surface area contributed by atoms with E-state index in [0.29, 0.717) is 12.3 Å². The molecular weight excluding hydrogens is 276 g/mol. The summed E-state index contributed by atoms with van der Waals surface area (Å²) in [6.45, 7) is 1.55. The topological polar surface area (TPSA) is 95.0 Å². The molecule has 1 fully saturated rings. The number of hydrogen-bond donors (Lipinski definition) is 1. The van der Waals surface area contributed by atoms with Gasteiger partial charge < -0.3 is 24.5 Å². The Morgan fingerprint density at radius 3 is 3.00 bits per heavy atom. The summed E-state index contributed by atoms with van der Waals surface area (Å²) in [5.74, 6) is 0.130. The molecule has 7 nitrogen and oxygen atoms in total. The normalized spacial score (nSPS) is 18.6. The molecule has 0 aromatic carbocycles. The molecule has 1 aliphatic heterocycles. The standard InChI is InChI=1S/C14H20N2O5/c1-19-14(18)12-5-4-11(21-12)9-20-10-3-2-6-16(8-10)13(17)7-15/h4-5,10H,2-3,6-9,15H2,1H3. The number of methoxy groups -OCH3 is 1. The molecule has 1 amide bonds. The zero-order chi connectivity index (χ0) is 15.2. The van der Waals surface area contributed by atoms with E-state index in [9.17, 15) is 9.59 Å². The van der Waals surface area contributed by atoms with Gasteiger partial charge in [-0.1, -0.05) is 0 Å². The fourth-order valence-corrected chi connectivity index (χ4v) is 2.30. The van der Waals surface area contributed by atoms with Gasteiger partial charge in [-0.25, -0.2) is 4.79 Å². The number of esters is 1. The van der Waals surface area contributed by atoms with Crippen molar-refractivity contribution in [3.63, 3.8) is 0 Å². The van der Waals surface area contributed by atoms with Crippen molar-refractivity contribution in [2.45, 2.75) is 25.6 Å². The lowest BCUT2D eigenvalue weighted by atomic mass is 10.1. The predicted octanol–water partition coefficient (Wildman–Crippen LogP) is 0.533. The van der Waals surface area contributed by atoms with E-state index >= 15 is 0 Å². The number of carbonyl (C=O) groups is 2. The number of rotatable bonds is 5. The summed E-state index contributed by atoms with van der Waals surface area (Å²) in [5.41, 5.74) is 5.37. The molecule has 1 aliphatic rings. The van der Waals surface area contributed by atoms with Crippen LogP contribution in [-0.4, -0.2) is 49.6 Å². The van der Waals surface area contributed by atoms with Crippen molar-refractivity contribution in [1.82, 2.24) is 4.90 Å². The van der Waals surface area contributed by atoms with E-state index in [2.05, 4.69) is 4.74 Å². The Morgan fingerprint density at radius 1 is 1.48 bits per heavy atom. The number of nitrogens with two attached hydrogens (primary N) is 1. The van der Waals surface area contributed by atoms with Crippen LogP contribution in [0.25, 0.3) is 0 Å². The summed E-state index contributed by atoms with van der Waals surface area (Å²) in [7, 11) is 1.30. The number of amides is 1. The molecule has 0 radical (unpaired) electrons. The van der Waals surface area contributed by atoms with Gasteiger partial charge in [0.2, 0.25) is 11.7 Å². The van der Waals surface area contributed by atoms with Crippen LogP contribution in [0.1, 0.15) is 29.2 Å². The van der Waals surface area contributed by atoms with Crippen molar-refractivity contribution in [2.75, 3.05) is 26.7 Å². The van der Waals surface area contributed by atoms with Crippen molar-refractivity contribution in [3.8, 4) is 0 Å². The van der Waals surface area contributed by atoms with Crippen LogP contribution in [0.3, 0.4) is 0 Å². The summed E-state index contributed by atoms with van der Waals surface area (Å²) in [6.07, 6.45) is 1.74. The highest BCUT2D eigenvalue weighted by Gasteiger charge is 2.23. The van der Waals surface area contributed by atoms with Gasteiger partial charge in [0.1, 0.15) is 12.4 Å². The van der Waals surface area contributed by atoms with Crippen molar-refractivity contribution in [2.24, 2.45) is 5.73 Å². The molecule has 1 atom stereocenters. The second kappa shape index (κ2) is 7.24. The molecule has 2 heterocycles. The third kappa shape index (κ3) is 4.05. The summed E-state index contributed by atoms with van der Waals surface area (Å²) in [4.78, 5) is 24.6. The quantitative estimate of drug-likeness (QED) is 0.797. The molecule has 21 heavy (non-hydrogen) atoms. The number of furan rings is 1. The molecule has 116 valence electrons. The van der Waals surface area contributed by atoms with E-state index in [1.807, 2.05) is 0 Å². The largest absolute Gasteiger partial charge is 0.463 e. The smallest absolute Gasteiger partial charge is 0.373 e. The van der Waals surface area contributed by atoms with Crippen LogP contribution in [0.5, 0.6) is 0 Å². The van der Waals surface area contributed by atoms with Gasteiger partial charge >= 0.3 is 5.97 Å². The monoisotopic (exact) mass is 296 g/mol. The van der Waals surface area contributed by atoms with Gasteiger partial charge in [-0.05, 0) is 25.0 Å². The van der Waals surface area contributed by atoms with Crippen LogP contribution in [0.15, 0.2) is 16.5 Å². The molecule has 0 bridgehead atoms. The van der Waals surface area contributed by atoms with Crippen molar-refractivity contribution in [3.05, 3.63) is 23.7 Å². The summed E-state index contributed by atoms with van der Waals surface area (Å²) < 4.78 is 15.6. The maximum atomic E-state index is 11.6. The SMILES string of the molecule is COC(=O)c1ccc(COC2CCCN(C(=O)CN)C2)o1. The van der Waals surface area contributed by atoms with Gasteiger partial charge in [-0.15, -0.1) is 0 Å². The predicted molar refractivity (Wildman–Crippen MR) is 73.5 cm³/mol. The van der Waals surface area contributed by atoms with Gasteiger partial charge in [-0.2, -0.15) is 0 Å². The molecule has 0 aliphatic carbocycles. The first-order valence-corrected chi connectivity index (χ1v) is 6.90. The minimum atomic E-state index is -0.515. The van der Waals surface area contributed by atoms with Crippen molar-refractivity contribution < 1.29 is 23.5 Å². The number of piperidine rings is 1. The van der Waals surface area contributed by atoms with E-state index in [0.717, 1.165) is 19.4 Å². The highest BCUT2D eigenvalue weighted by atomic mass is 16.5. The van der Waals surface area contributed by atoms with Crippen LogP contribution >= 0.6 is 0 Å². The third-order valence-corrected chi connectivity index (χ3v) is 3.42. The molecule has 2 N–H and O–H groups in total. The summed E-state index contributed by atoms with van der Waals surface area (Å²) >= 11 is 0. The van der Waals surface area contributed by atoms with Gasteiger partial charge in [0, 0.05) is 13.1 Å². The second-order valence-electron chi connectivity index (χ2n) is 4.88. The molecule has 1 saturated heterocycles. The van der Waals surface area contributed by atoms with E-state index in [4.69, 9.17) is 14.9 Å². The number of hydrogen-bond acceptors (Lipinski definition) is 6. The first-order valence-electron chi connectivity index (χ1n) is 6.90. The minimum absolute atomic E-state index is 0.0212. The lowest BCUT2D eigenvalue weighted by Gasteiger charge is -2.32. The van der Waals surface area contributed by atoms with Crippen molar-refractivity contribution >= 4 is 11.9 Å². The maximum Gasteiger partial charge on any atom is 0.373 e. The molecule has 2 rings (SSSR count). The molecule has 7 heteroatoms. The molecule has 1 aromatic rings. The number of ether oxygens (including phenoxy) is 2. The zero-order valence-corrected chi connectivity index (χ0v) is 12.0. The van der Waals surface area contributed by atoms with Gasteiger partial charge in [0.25, 0.3) is 0 Å². The molecule has 0 saturated carbocycles. The second-order valence-corrected chi connectivity index (χ2v) is 4.88. The Bertz CT molecular complexity index is 499. The van der Waals surface area contributed by atoms with Crippen LogP contribution in [0, 0.1) is 0 Å².